The molecule has 0 fully saturated rings. The number of anilines is 1. The van der Waals surface area contributed by atoms with Crippen LogP contribution in [0.15, 0.2) is 12.1 Å². The SMILES string of the molecule is CC(C)CNC(=O)CNc1c(F)cc(F)cc1Cl. The van der Waals surface area contributed by atoms with E-state index in [1.807, 2.05) is 13.8 Å². The van der Waals surface area contributed by atoms with Crippen LogP contribution in [-0.4, -0.2) is 19.0 Å². The molecule has 0 bridgehead atoms. The summed E-state index contributed by atoms with van der Waals surface area (Å²) in [6, 6.07) is 1.69. The molecule has 0 heterocycles. The van der Waals surface area contributed by atoms with Gasteiger partial charge in [-0.3, -0.25) is 4.79 Å². The molecule has 0 aliphatic rings. The van der Waals surface area contributed by atoms with Gasteiger partial charge in [0.15, 0.2) is 5.82 Å². The molecule has 1 aromatic carbocycles. The van der Waals surface area contributed by atoms with Crippen molar-refractivity contribution < 1.29 is 13.6 Å². The summed E-state index contributed by atoms with van der Waals surface area (Å²) in [4.78, 5) is 11.4. The zero-order chi connectivity index (χ0) is 13.7. The monoisotopic (exact) mass is 276 g/mol. The van der Waals surface area contributed by atoms with Gasteiger partial charge in [0.1, 0.15) is 5.82 Å². The first-order valence-electron chi connectivity index (χ1n) is 5.55. The molecule has 6 heteroatoms. The van der Waals surface area contributed by atoms with Gasteiger partial charge in [-0.25, -0.2) is 8.78 Å². The van der Waals surface area contributed by atoms with Gasteiger partial charge in [0.25, 0.3) is 0 Å². The summed E-state index contributed by atoms with van der Waals surface area (Å²) in [6.45, 7) is 4.35. The van der Waals surface area contributed by atoms with E-state index in [4.69, 9.17) is 11.6 Å². The molecule has 1 rings (SSSR count). The minimum absolute atomic E-state index is 0.0715. The van der Waals surface area contributed by atoms with Gasteiger partial charge in [-0.05, 0) is 12.0 Å². The molecule has 0 aliphatic carbocycles. The predicted molar refractivity (Wildman–Crippen MR) is 67.7 cm³/mol. The molecule has 1 aromatic rings. The van der Waals surface area contributed by atoms with Crippen LogP contribution in [0.4, 0.5) is 14.5 Å². The fraction of sp³-hybridized carbons (Fsp3) is 0.417. The summed E-state index contributed by atoms with van der Waals surface area (Å²) < 4.78 is 26.1. The molecule has 1 amide bonds. The second-order valence-corrected chi connectivity index (χ2v) is 4.70. The van der Waals surface area contributed by atoms with E-state index in [1.54, 1.807) is 0 Å². The van der Waals surface area contributed by atoms with Crippen molar-refractivity contribution in [3.63, 3.8) is 0 Å². The molecule has 0 aliphatic heterocycles. The van der Waals surface area contributed by atoms with Gasteiger partial charge in [-0.1, -0.05) is 25.4 Å². The van der Waals surface area contributed by atoms with Gasteiger partial charge < -0.3 is 10.6 Å². The molecule has 0 unspecified atom stereocenters. The van der Waals surface area contributed by atoms with Crippen LogP contribution >= 0.6 is 11.6 Å². The number of carbonyl (C=O) groups excluding carboxylic acids is 1. The molecule has 0 atom stereocenters. The van der Waals surface area contributed by atoms with Gasteiger partial charge in [0.2, 0.25) is 5.91 Å². The van der Waals surface area contributed by atoms with Crippen LogP contribution in [0.1, 0.15) is 13.8 Å². The van der Waals surface area contributed by atoms with Crippen molar-refractivity contribution in [2.45, 2.75) is 13.8 Å². The zero-order valence-electron chi connectivity index (χ0n) is 10.2. The lowest BCUT2D eigenvalue weighted by molar-refractivity contribution is -0.119. The average molecular weight is 277 g/mol. The minimum Gasteiger partial charge on any atom is -0.373 e. The lowest BCUT2D eigenvalue weighted by Gasteiger charge is -2.11. The number of hydrogen-bond acceptors (Lipinski definition) is 2. The maximum Gasteiger partial charge on any atom is 0.239 e. The van der Waals surface area contributed by atoms with Crippen LogP contribution in [0.2, 0.25) is 5.02 Å². The van der Waals surface area contributed by atoms with Crippen molar-refractivity contribution in [3.05, 3.63) is 28.8 Å². The maximum absolute atomic E-state index is 13.4. The first kappa shape index (κ1) is 14.7. The van der Waals surface area contributed by atoms with Gasteiger partial charge in [-0.15, -0.1) is 0 Å². The Balaban J connectivity index is 2.56. The van der Waals surface area contributed by atoms with Crippen LogP contribution < -0.4 is 10.6 Å². The molecule has 2 N–H and O–H groups in total. The highest BCUT2D eigenvalue weighted by Crippen LogP contribution is 2.25. The number of halogens is 3. The fourth-order valence-electron chi connectivity index (χ4n) is 1.26. The largest absolute Gasteiger partial charge is 0.373 e. The van der Waals surface area contributed by atoms with E-state index in [0.29, 0.717) is 18.5 Å². The van der Waals surface area contributed by atoms with E-state index in [1.165, 1.54) is 0 Å². The molecule has 3 nitrogen and oxygen atoms in total. The fourth-order valence-corrected chi connectivity index (χ4v) is 1.52. The summed E-state index contributed by atoms with van der Waals surface area (Å²) in [5, 5.41) is 5.11. The third-order valence-corrected chi connectivity index (χ3v) is 2.44. The second kappa shape index (κ2) is 6.54. The zero-order valence-corrected chi connectivity index (χ0v) is 10.9. The maximum atomic E-state index is 13.4. The summed E-state index contributed by atoms with van der Waals surface area (Å²) in [7, 11) is 0. The Morgan fingerprint density at radius 2 is 2.06 bits per heavy atom. The van der Waals surface area contributed by atoms with Crippen molar-refractivity contribution in [2.75, 3.05) is 18.4 Å². The Labute approximate surface area is 110 Å². The average Bonchev–Trinajstić information content (AvgIpc) is 2.24. The van der Waals surface area contributed by atoms with Crippen LogP contribution in [0, 0.1) is 17.6 Å². The third kappa shape index (κ3) is 4.49. The predicted octanol–water partition coefficient (Wildman–Crippen LogP) is 2.80. The molecular weight excluding hydrogens is 262 g/mol. The number of amides is 1. The normalized spacial score (nSPS) is 10.6. The van der Waals surface area contributed by atoms with Crippen molar-refractivity contribution in [3.8, 4) is 0 Å². The van der Waals surface area contributed by atoms with Crippen molar-refractivity contribution >= 4 is 23.2 Å². The topological polar surface area (TPSA) is 41.1 Å². The van der Waals surface area contributed by atoms with Gasteiger partial charge >= 0.3 is 0 Å². The highest BCUT2D eigenvalue weighted by Gasteiger charge is 2.11. The van der Waals surface area contributed by atoms with Crippen molar-refractivity contribution in [1.29, 1.82) is 0 Å². The van der Waals surface area contributed by atoms with E-state index in [2.05, 4.69) is 10.6 Å². The Bertz CT molecular complexity index is 415. The van der Waals surface area contributed by atoms with Crippen LogP contribution in [-0.2, 0) is 4.79 Å². The summed E-state index contributed by atoms with van der Waals surface area (Å²) >= 11 is 5.67. The Kier molecular flexibility index (Phi) is 5.34. The van der Waals surface area contributed by atoms with Gasteiger partial charge in [0, 0.05) is 12.6 Å². The van der Waals surface area contributed by atoms with Crippen molar-refractivity contribution in [2.24, 2.45) is 5.92 Å². The highest BCUT2D eigenvalue weighted by atomic mass is 35.5. The summed E-state index contributed by atoms with van der Waals surface area (Å²) in [5.74, 6) is -1.52. The van der Waals surface area contributed by atoms with Gasteiger partial charge in [-0.2, -0.15) is 0 Å². The Hall–Kier alpha value is -1.36. The lowest BCUT2D eigenvalue weighted by atomic mass is 10.2. The van der Waals surface area contributed by atoms with E-state index >= 15 is 0 Å². The van der Waals surface area contributed by atoms with Gasteiger partial charge in [0.05, 0.1) is 17.3 Å². The number of carbonyl (C=O) groups is 1. The molecule has 0 radical (unpaired) electrons. The smallest absolute Gasteiger partial charge is 0.239 e. The molecule has 18 heavy (non-hydrogen) atoms. The highest BCUT2D eigenvalue weighted by molar-refractivity contribution is 6.33. The number of nitrogens with one attached hydrogen (secondary N) is 2. The first-order valence-corrected chi connectivity index (χ1v) is 5.93. The first-order chi connectivity index (χ1) is 8.40. The second-order valence-electron chi connectivity index (χ2n) is 4.30. The third-order valence-electron chi connectivity index (χ3n) is 2.14. The molecule has 0 aromatic heterocycles. The van der Waals surface area contributed by atoms with Crippen LogP contribution in [0.25, 0.3) is 0 Å². The standard InChI is InChI=1S/C12H15ClF2N2O/c1-7(2)5-16-11(18)6-17-12-9(13)3-8(14)4-10(12)15/h3-4,7,17H,5-6H2,1-2H3,(H,16,18). The Morgan fingerprint density at radius 3 is 2.61 bits per heavy atom. The number of benzene rings is 1. The molecule has 100 valence electrons. The number of hydrogen-bond donors (Lipinski definition) is 2. The Morgan fingerprint density at radius 1 is 1.39 bits per heavy atom. The lowest BCUT2D eigenvalue weighted by Crippen LogP contribution is -2.32. The van der Waals surface area contributed by atoms with E-state index in [0.717, 1.165) is 6.07 Å². The van der Waals surface area contributed by atoms with E-state index in [9.17, 15) is 13.6 Å². The van der Waals surface area contributed by atoms with Crippen LogP contribution in [0.5, 0.6) is 0 Å². The quantitative estimate of drug-likeness (QED) is 0.868. The number of rotatable bonds is 5. The molecule has 0 spiro atoms. The molecule has 0 saturated heterocycles. The molecule has 0 saturated carbocycles. The molecular formula is C12H15ClF2N2O. The van der Waals surface area contributed by atoms with Crippen molar-refractivity contribution in [1.82, 2.24) is 5.32 Å². The van der Waals surface area contributed by atoms with Crippen LogP contribution in [0.3, 0.4) is 0 Å². The van der Waals surface area contributed by atoms with E-state index < -0.39 is 11.6 Å². The summed E-state index contributed by atoms with van der Waals surface area (Å²) in [6.07, 6.45) is 0. The van der Waals surface area contributed by atoms with E-state index in [-0.39, 0.29) is 23.2 Å². The summed E-state index contributed by atoms with van der Waals surface area (Å²) in [5.41, 5.74) is -0.0715. The minimum atomic E-state index is -0.823.